The largest absolute Gasteiger partial charge is 0.480 e. The molecule has 4 N–H and O–H groups in total. The first kappa shape index (κ1) is 19.6. The minimum Gasteiger partial charge on any atom is -0.480 e. The fourth-order valence-electron chi connectivity index (χ4n) is 1.47. The number of carboxylic acids is 1. The van der Waals surface area contributed by atoms with Crippen LogP contribution in [0.25, 0.3) is 0 Å². The number of aliphatic carboxylic acids is 1. The molecule has 1 atom stereocenters. The zero-order valence-corrected chi connectivity index (χ0v) is 13.8. The first-order valence-corrected chi connectivity index (χ1v) is 8.12. The molecule has 122 valence electrons. The van der Waals surface area contributed by atoms with E-state index in [2.05, 4.69) is 16.0 Å². The summed E-state index contributed by atoms with van der Waals surface area (Å²) >= 11 is 1.51. The topological polar surface area (TPSA) is 108 Å². The molecule has 0 aromatic rings. The molecule has 3 amide bonds. The number of carbonyl (C=O) groups is 3. The summed E-state index contributed by atoms with van der Waals surface area (Å²) in [6.45, 7) is 5.76. The van der Waals surface area contributed by atoms with Gasteiger partial charge in [0.2, 0.25) is 5.91 Å². The van der Waals surface area contributed by atoms with Crippen molar-refractivity contribution < 1.29 is 19.5 Å². The van der Waals surface area contributed by atoms with Gasteiger partial charge in [0.15, 0.2) is 0 Å². The molecule has 0 rings (SSSR count). The number of urea groups is 1. The van der Waals surface area contributed by atoms with Crippen molar-refractivity contribution >= 4 is 29.7 Å². The summed E-state index contributed by atoms with van der Waals surface area (Å²) in [5.74, 6) is -0.588. The molecule has 0 spiro atoms. The first-order valence-electron chi connectivity index (χ1n) is 6.73. The third-order valence-corrected chi connectivity index (χ3v) is 3.01. The van der Waals surface area contributed by atoms with Crippen molar-refractivity contribution in [3.05, 3.63) is 0 Å². The predicted molar refractivity (Wildman–Crippen MR) is 83.5 cm³/mol. The van der Waals surface area contributed by atoms with E-state index in [1.807, 2.05) is 27.0 Å². The Bertz CT molecular complexity index is 369. The van der Waals surface area contributed by atoms with Gasteiger partial charge in [0.25, 0.3) is 0 Å². The number of amides is 3. The van der Waals surface area contributed by atoms with Crippen molar-refractivity contribution in [2.75, 3.05) is 18.6 Å². The molecule has 1 unspecified atom stereocenters. The molecule has 0 fully saturated rings. The van der Waals surface area contributed by atoms with Gasteiger partial charge in [-0.1, -0.05) is 0 Å². The molecule has 0 aromatic heterocycles. The zero-order valence-electron chi connectivity index (χ0n) is 13.0. The molecule has 0 radical (unpaired) electrons. The summed E-state index contributed by atoms with van der Waals surface area (Å²) < 4.78 is 0. The van der Waals surface area contributed by atoms with Gasteiger partial charge >= 0.3 is 12.0 Å². The molecule has 0 aliphatic carbocycles. The van der Waals surface area contributed by atoms with Crippen molar-refractivity contribution in [2.24, 2.45) is 0 Å². The standard InChI is InChI=1S/C13H25N3O4S/c1-13(2,3)16-10(17)5-7-14-12(20)15-9(11(18)19)6-8-21-4/h9H,5-8H2,1-4H3,(H,16,17)(H,18,19)(H2,14,15,20). The third kappa shape index (κ3) is 10.9. The Morgan fingerprint density at radius 1 is 1.24 bits per heavy atom. The number of hydrogen-bond donors (Lipinski definition) is 4. The Kier molecular flexibility index (Phi) is 8.84. The molecule has 0 heterocycles. The Balaban J connectivity index is 4.03. The smallest absolute Gasteiger partial charge is 0.326 e. The fourth-order valence-corrected chi connectivity index (χ4v) is 1.94. The van der Waals surface area contributed by atoms with E-state index in [0.29, 0.717) is 12.2 Å². The minimum absolute atomic E-state index is 0.146. The second-order valence-electron chi connectivity index (χ2n) is 5.62. The average molecular weight is 319 g/mol. The van der Waals surface area contributed by atoms with E-state index in [1.54, 1.807) is 0 Å². The monoisotopic (exact) mass is 319 g/mol. The van der Waals surface area contributed by atoms with Gasteiger partial charge in [-0.25, -0.2) is 9.59 Å². The molecule has 0 aliphatic rings. The lowest BCUT2D eigenvalue weighted by molar-refractivity contribution is -0.139. The van der Waals surface area contributed by atoms with Crippen LogP contribution in [0.1, 0.15) is 33.6 Å². The Morgan fingerprint density at radius 2 is 1.86 bits per heavy atom. The van der Waals surface area contributed by atoms with Gasteiger partial charge in [0.05, 0.1) is 0 Å². The molecule has 0 saturated heterocycles. The molecule has 0 aromatic carbocycles. The summed E-state index contributed by atoms with van der Waals surface area (Å²) in [4.78, 5) is 34.1. The number of thioether (sulfide) groups is 1. The predicted octanol–water partition coefficient (Wildman–Crippen LogP) is 0.797. The highest BCUT2D eigenvalue weighted by Gasteiger charge is 2.19. The molecule has 21 heavy (non-hydrogen) atoms. The lowest BCUT2D eigenvalue weighted by Crippen LogP contribution is -2.47. The van der Waals surface area contributed by atoms with Crippen LogP contribution < -0.4 is 16.0 Å². The van der Waals surface area contributed by atoms with Crippen LogP contribution in [-0.2, 0) is 9.59 Å². The first-order chi connectivity index (χ1) is 9.65. The van der Waals surface area contributed by atoms with E-state index in [-0.39, 0.29) is 24.4 Å². The third-order valence-electron chi connectivity index (χ3n) is 2.37. The van der Waals surface area contributed by atoms with Gasteiger partial charge in [-0.3, -0.25) is 4.79 Å². The van der Waals surface area contributed by atoms with Crippen molar-refractivity contribution in [3.8, 4) is 0 Å². The molecular weight excluding hydrogens is 294 g/mol. The Labute approximate surface area is 129 Å². The van der Waals surface area contributed by atoms with Crippen LogP contribution in [0, 0.1) is 0 Å². The second-order valence-corrected chi connectivity index (χ2v) is 6.61. The number of rotatable bonds is 8. The molecule has 0 saturated carbocycles. The van der Waals surface area contributed by atoms with E-state index in [1.165, 1.54) is 11.8 Å². The number of carboxylic acid groups (broad SMARTS) is 1. The van der Waals surface area contributed by atoms with E-state index in [9.17, 15) is 14.4 Å². The van der Waals surface area contributed by atoms with Crippen LogP contribution in [0.5, 0.6) is 0 Å². The van der Waals surface area contributed by atoms with Gasteiger partial charge in [0, 0.05) is 18.5 Å². The van der Waals surface area contributed by atoms with Crippen LogP contribution >= 0.6 is 11.8 Å². The second kappa shape index (κ2) is 9.49. The quantitative estimate of drug-likeness (QED) is 0.529. The zero-order chi connectivity index (χ0) is 16.5. The van der Waals surface area contributed by atoms with Crippen LogP contribution in [0.3, 0.4) is 0 Å². The van der Waals surface area contributed by atoms with E-state index < -0.39 is 18.0 Å². The van der Waals surface area contributed by atoms with Crippen molar-refractivity contribution in [1.82, 2.24) is 16.0 Å². The Morgan fingerprint density at radius 3 is 2.33 bits per heavy atom. The van der Waals surface area contributed by atoms with E-state index in [4.69, 9.17) is 5.11 Å². The lowest BCUT2D eigenvalue weighted by Gasteiger charge is -2.20. The van der Waals surface area contributed by atoms with Crippen molar-refractivity contribution in [3.63, 3.8) is 0 Å². The summed E-state index contributed by atoms with van der Waals surface area (Å²) in [5, 5.41) is 16.6. The van der Waals surface area contributed by atoms with Gasteiger partial charge in [-0.05, 0) is 39.2 Å². The maximum Gasteiger partial charge on any atom is 0.326 e. The van der Waals surface area contributed by atoms with Crippen LogP contribution in [0.2, 0.25) is 0 Å². The normalized spacial score (nSPS) is 12.4. The van der Waals surface area contributed by atoms with Gasteiger partial charge < -0.3 is 21.1 Å². The highest BCUT2D eigenvalue weighted by atomic mass is 32.2. The molecule has 0 aliphatic heterocycles. The highest BCUT2D eigenvalue weighted by molar-refractivity contribution is 7.98. The summed E-state index contributed by atoms with van der Waals surface area (Å²) in [6, 6.07) is -1.49. The molecule has 0 bridgehead atoms. The van der Waals surface area contributed by atoms with E-state index in [0.717, 1.165) is 0 Å². The molecule has 8 heteroatoms. The minimum atomic E-state index is -1.07. The van der Waals surface area contributed by atoms with Crippen molar-refractivity contribution in [2.45, 2.75) is 45.2 Å². The van der Waals surface area contributed by atoms with Crippen LogP contribution in [0.4, 0.5) is 4.79 Å². The van der Waals surface area contributed by atoms with Crippen LogP contribution in [0.15, 0.2) is 0 Å². The lowest BCUT2D eigenvalue weighted by atomic mass is 10.1. The van der Waals surface area contributed by atoms with Gasteiger partial charge in [-0.15, -0.1) is 0 Å². The Hall–Kier alpha value is -1.44. The average Bonchev–Trinajstić information content (AvgIpc) is 2.31. The van der Waals surface area contributed by atoms with Crippen molar-refractivity contribution in [1.29, 1.82) is 0 Å². The fraction of sp³-hybridized carbons (Fsp3) is 0.769. The maximum absolute atomic E-state index is 11.6. The highest BCUT2D eigenvalue weighted by Crippen LogP contribution is 2.01. The summed E-state index contributed by atoms with van der Waals surface area (Å²) in [6.07, 6.45) is 2.37. The molecular formula is C13H25N3O4S. The SMILES string of the molecule is CSCCC(NC(=O)NCCC(=O)NC(C)(C)C)C(=O)O. The van der Waals surface area contributed by atoms with Gasteiger partial charge in [-0.2, -0.15) is 11.8 Å². The van der Waals surface area contributed by atoms with Crippen LogP contribution in [-0.4, -0.2) is 53.1 Å². The number of hydrogen-bond acceptors (Lipinski definition) is 4. The maximum atomic E-state index is 11.6. The molecule has 7 nitrogen and oxygen atoms in total. The van der Waals surface area contributed by atoms with Gasteiger partial charge in [0.1, 0.15) is 6.04 Å². The summed E-state index contributed by atoms with van der Waals surface area (Å²) in [5.41, 5.74) is -0.314. The number of nitrogens with one attached hydrogen (secondary N) is 3. The van der Waals surface area contributed by atoms with E-state index >= 15 is 0 Å². The summed E-state index contributed by atoms with van der Waals surface area (Å²) in [7, 11) is 0. The number of carbonyl (C=O) groups excluding carboxylic acids is 2.